The van der Waals surface area contributed by atoms with Crippen molar-refractivity contribution in [3.8, 4) is 0 Å². The minimum absolute atomic E-state index is 0.397. The highest BCUT2D eigenvalue weighted by Crippen LogP contribution is 2.25. The van der Waals surface area contributed by atoms with Crippen LogP contribution in [0, 0.1) is 13.8 Å². The Kier molecular flexibility index (Phi) is 4.09. The van der Waals surface area contributed by atoms with Gasteiger partial charge in [-0.2, -0.15) is 0 Å². The second-order valence-electron chi connectivity index (χ2n) is 6.27. The van der Waals surface area contributed by atoms with Crippen molar-refractivity contribution in [2.24, 2.45) is 0 Å². The maximum atomic E-state index is 4.78. The van der Waals surface area contributed by atoms with Crippen LogP contribution in [0.25, 0.3) is 0 Å². The Morgan fingerprint density at radius 2 is 2.14 bits per heavy atom. The molecule has 3 nitrogen and oxygen atoms in total. The zero-order chi connectivity index (χ0) is 15.0. The van der Waals surface area contributed by atoms with Crippen LogP contribution >= 0.6 is 11.3 Å². The molecular weight excluding hydrogens is 278 g/mol. The number of hydrogen-bond donors (Lipinski definition) is 0. The second kappa shape index (κ2) is 5.85. The Labute approximate surface area is 131 Å². The summed E-state index contributed by atoms with van der Waals surface area (Å²) < 4.78 is 0. The first-order valence-corrected chi connectivity index (χ1v) is 8.47. The topological polar surface area (TPSA) is 29.0 Å². The number of aryl methyl sites for hydroxylation is 2. The van der Waals surface area contributed by atoms with E-state index >= 15 is 0 Å². The van der Waals surface area contributed by atoms with E-state index < -0.39 is 0 Å². The fraction of sp³-hybridized carbons (Fsp3) is 0.529. The smallest absolute Gasteiger partial charge is 0.131 e. The lowest BCUT2D eigenvalue weighted by Gasteiger charge is -2.27. The van der Waals surface area contributed by atoms with Gasteiger partial charge >= 0.3 is 0 Å². The van der Waals surface area contributed by atoms with Crippen molar-refractivity contribution in [3.05, 3.63) is 44.7 Å². The Bertz CT molecular complexity index is 626. The van der Waals surface area contributed by atoms with E-state index in [2.05, 4.69) is 43.6 Å². The summed E-state index contributed by atoms with van der Waals surface area (Å²) in [7, 11) is 0. The number of rotatable bonds is 3. The third-order valence-electron chi connectivity index (χ3n) is 4.16. The lowest BCUT2D eigenvalue weighted by molar-refractivity contribution is 0.242. The van der Waals surface area contributed by atoms with Crippen molar-refractivity contribution in [1.29, 1.82) is 0 Å². The van der Waals surface area contributed by atoms with Gasteiger partial charge in [-0.15, -0.1) is 11.3 Å². The second-order valence-corrected chi connectivity index (χ2v) is 7.61. The first kappa shape index (κ1) is 14.7. The van der Waals surface area contributed by atoms with Crippen LogP contribution in [0.3, 0.4) is 0 Å². The van der Waals surface area contributed by atoms with Gasteiger partial charge in [0.2, 0.25) is 0 Å². The molecule has 0 bridgehead atoms. The summed E-state index contributed by atoms with van der Waals surface area (Å²) in [6.45, 7) is 11.8. The van der Waals surface area contributed by atoms with E-state index in [9.17, 15) is 0 Å². The molecule has 0 unspecified atom stereocenters. The zero-order valence-corrected chi connectivity index (χ0v) is 14.1. The van der Waals surface area contributed by atoms with E-state index in [1.54, 1.807) is 0 Å². The average molecular weight is 301 g/mol. The van der Waals surface area contributed by atoms with Crippen LogP contribution in [0.2, 0.25) is 0 Å². The predicted octanol–water partition coefficient (Wildman–Crippen LogP) is 3.84. The van der Waals surface area contributed by atoms with Gasteiger partial charge in [-0.1, -0.05) is 13.8 Å². The molecule has 1 aliphatic heterocycles. The molecule has 2 aromatic rings. The molecule has 112 valence electrons. The summed E-state index contributed by atoms with van der Waals surface area (Å²) in [4.78, 5) is 14.7. The van der Waals surface area contributed by atoms with E-state index in [1.807, 2.05) is 17.5 Å². The van der Waals surface area contributed by atoms with Crippen molar-refractivity contribution >= 4 is 11.3 Å². The van der Waals surface area contributed by atoms with Crippen molar-refractivity contribution in [2.75, 3.05) is 6.54 Å². The van der Waals surface area contributed by atoms with E-state index in [1.165, 1.54) is 26.6 Å². The molecule has 2 aromatic heterocycles. The average Bonchev–Trinajstić information content (AvgIpc) is 2.76. The zero-order valence-electron chi connectivity index (χ0n) is 13.3. The summed E-state index contributed by atoms with van der Waals surface area (Å²) in [6.07, 6.45) is 3.10. The van der Waals surface area contributed by atoms with Gasteiger partial charge in [-0.3, -0.25) is 4.90 Å². The molecule has 0 saturated carbocycles. The van der Waals surface area contributed by atoms with E-state index in [4.69, 9.17) is 4.98 Å². The Morgan fingerprint density at radius 3 is 2.81 bits per heavy atom. The standard InChI is InChI=1S/C17H23N3S/c1-11(2)17-18-8-14-5-6-20(10-16(14)19-17)9-15-7-12(3)13(4)21-15/h7-8,11H,5-6,9-10H2,1-4H3. The van der Waals surface area contributed by atoms with Crippen LogP contribution in [0.1, 0.15) is 52.2 Å². The number of aromatic nitrogens is 2. The molecule has 0 radical (unpaired) electrons. The molecule has 21 heavy (non-hydrogen) atoms. The summed E-state index contributed by atoms with van der Waals surface area (Å²) in [5, 5.41) is 0. The molecule has 0 saturated heterocycles. The quantitative estimate of drug-likeness (QED) is 0.862. The van der Waals surface area contributed by atoms with Gasteiger partial charge in [0.05, 0.1) is 5.69 Å². The van der Waals surface area contributed by atoms with Gasteiger partial charge in [-0.25, -0.2) is 9.97 Å². The highest BCUT2D eigenvalue weighted by Gasteiger charge is 2.19. The van der Waals surface area contributed by atoms with Crippen LogP contribution in [0.4, 0.5) is 0 Å². The Balaban J connectivity index is 1.75. The lowest BCUT2D eigenvalue weighted by Crippen LogP contribution is -2.31. The minimum Gasteiger partial charge on any atom is -0.292 e. The van der Waals surface area contributed by atoms with Crippen LogP contribution in [0.5, 0.6) is 0 Å². The number of thiophene rings is 1. The molecule has 0 aliphatic carbocycles. The Hall–Kier alpha value is -1.26. The fourth-order valence-electron chi connectivity index (χ4n) is 2.73. The summed E-state index contributed by atoms with van der Waals surface area (Å²) in [5.74, 6) is 1.37. The van der Waals surface area contributed by atoms with Gasteiger partial charge < -0.3 is 0 Å². The highest BCUT2D eigenvalue weighted by molar-refractivity contribution is 7.12. The summed E-state index contributed by atoms with van der Waals surface area (Å²) >= 11 is 1.92. The third kappa shape index (κ3) is 3.16. The third-order valence-corrected chi connectivity index (χ3v) is 5.29. The first-order chi connectivity index (χ1) is 10.0. The number of fused-ring (bicyclic) bond motifs is 1. The van der Waals surface area contributed by atoms with Crippen molar-refractivity contribution in [1.82, 2.24) is 14.9 Å². The van der Waals surface area contributed by atoms with Crippen molar-refractivity contribution < 1.29 is 0 Å². The highest BCUT2D eigenvalue weighted by atomic mass is 32.1. The minimum atomic E-state index is 0.397. The molecule has 1 aliphatic rings. The summed E-state index contributed by atoms with van der Waals surface area (Å²) in [5.41, 5.74) is 3.97. The molecule has 0 fully saturated rings. The van der Waals surface area contributed by atoms with Crippen LogP contribution in [-0.2, 0) is 19.5 Å². The molecule has 3 heterocycles. The number of hydrogen-bond acceptors (Lipinski definition) is 4. The largest absolute Gasteiger partial charge is 0.292 e. The molecule has 0 N–H and O–H groups in total. The molecule has 0 aromatic carbocycles. The van der Waals surface area contributed by atoms with Crippen molar-refractivity contribution in [3.63, 3.8) is 0 Å². The maximum Gasteiger partial charge on any atom is 0.131 e. The maximum absolute atomic E-state index is 4.78. The predicted molar refractivity (Wildman–Crippen MR) is 87.7 cm³/mol. The van der Waals surface area contributed by atoms with Crippen LogP contribution < -0.4 is 0 Å². The van der Waals surface area contributed by atoms with Gasteiger partial charge in [0.1, 0.15) is 5.82 Å². The molecule has 0 atom stereocenters. The van der Waals surface area contributed by atoms with Gasteiger partial charge in [0.15, 0.2) is 0 Å². The SMILES string of the molecule is Cc1cc(CN2CCc3cnc(C(C)C)nc3C2)sc1C. The van der Waals surface area contributed by atoms with E-state index in [0.29, 0.717) is 5.92 Å². The monoisotopic (exact) mass is 301 g/mol. The Morgan fingerprint density at radius 1 is 1.33 bits per heavy atom. The fourth-order valence-corrected chi connectivity index (χ4v) is 3.83. The molecule has 0 amide bonds. The van der Waals surface area contributed by atoms with Gasteiger partial charge in [0, 0.05) is 41.5 Å². The first-order valence-electron chi connectivity index (χ1n) is 7.66. The van der Waals surface area contributed by atoms with Crippen LogP contribution in [-0.4, -0.2) is 21.4 Å². The molecule has 0 spiro atoms. The van der Waals surface area contributed by atoms with E-state index in [-0.39, 0.29) is 0 Å². The van der Waals surface area contributed by atoms with Gasteiger partial charge in [0.25, 0.3) is 0 Å². The lowest BCUT2D eigenvalue weighted by atomic mass is 10.1. The van der Waals surface area contributed by atoms with Crippen LogP contribution in [0.15, 0.2) is 12.3 Å². The van der Waals surface area contributed by atoms with E-state index in [0.717, 1.165) is 31.9 Å². The van der Waals surface area contributed by atoms with Gasteiger partial charge in [-0.05, 0) is 37.5 Å². The summed E-state index contributed by atoms with van der Waals surface area (Å²) in [6, 6.07) is 2.33. The molecule has 3 rings (SSSR count). The van der Waals surface area contributed by atoms with Crippen molar-refractivity contribution in [2.45, 2.75) is 53.1 Å². The molecular formula is C17H23N3S. The normalized spacial score (nSPS) is 15.5. The number of nitrogens with zero attached hydrogens (tertiary/aromatic N) is 3. The molecule has 4 heteroatoms.